The molecule has 7 N–H and O–H groups in total. The van der Waals surface area contributed by atoms with Gasteiger partial charge in [-0.2, -0.15) is 0 Å². The third-order valence-electron chi connectivity index (χ3n) is 2.38. The first-order valence-electron chi connectivity index (χ1n) is 5.74. The highest BCUT2D eigenvalue weighted by molar-refractivity contribution is 7.60. The van der Waals surface area contributed by atoms with Gasteiger partial charge < -0.3 is 26.4 Å². The van der Waals surface area contributed by atoms with Gasteiger partial charge >= 0.3 is 13.6 Å². The normalized spacial score (nSPS) is 13.2. The molecule has 0 saturated carbocycles. The van der Waals surface area contributed by atoms with E-state index in [1.807, 2.05) is 0 Å². The molecular weight excluding hydrogens is 299 g/mol. The fraction of sp³-hybridized carbons (Fsp3) is 0.182. The van der Waals surface area contributed by atoms with Gasteiger partial charge in [0.2, 0.25) is 0 Å². The van der Waals surface area contributed by atoms with Crippen LogP contribution in [0.3, 0.4) is 0 Å². The predicted molar refractivity (Wildman–Crippen MR) is 77.3 cm³/mol. The van der Waals surface area contributed by atoms with Crippen molar-refractivity contribution >= 4 is 30.5 Å². The van der Waals surface area contributed by atoms with Gasteiger partial charge in [-0.1, -0.05) is 12.1 Å². The fourth-order valence-electron chi connectivity index (χ4n) is 1.29. The molecule has 0 aliphatic rings. The Morgan fingerprint density at radius 2 is 1.67 bits per heavy atom. The van der Waals surface area contributed by atoms with Crippen molar-refractivity contribution < 1.29 is 24.3 Å². The first kappa shape index (κ1) is 16.8. The molecule has 0 unspecified atom stereocenters. The molecule has 0 amide bonds. The SMILES string of the molecule is N/C(CCC(=O)O)=N\N=C(/N)c1ccc(P(=O)(O)O)cc1. The van der Waals surface area contributed by atoms with Crippen molar-refractivity contribution in [2.24, 2.45) is 21.7 Å². The van der Waals surface area contributed by atoms with E-state index in [4.69, 9.17) is 26.4 Å². The van der Waals surface area contributed by atoms with E-state index in [0.29, 0.717) is 5.56 Å². The molecule has 9 nitrogen and oxygen atoms in total. The molecule has 1 aromatic rings. The molecule has 21 heavy (non-hydrogen) atoms. The lowest BCUT2D eigenvalue weighted by Crippen LogP contribution is -2.16. The summed E-state index contributed by atoms with van der Waals surface area (Å²) in [5.41, 5.74) is 11.5. The van der Waals surface area contributed by atoms with Gasteiger partial charge in [0.15, 0.2) is 5.84 Å². The Hall–Kier alpha value is -2.22. The minimum absolute atomic E-state index is 0.00876. The molecular formula is C11H15N4O5P. The summed E-state index contributed by atoms with van der Waals surface area (Å²) in [6, 6.07) is 5.23. The zero-order chi connectivity index (χ0) is 16.0. The van der Waals surface area contributed by atoms with Crippen LogP contribution in [0.4, 0.5) is 0 Å². The molecule has 0 spiro atoms. The lowest BCUT2D eigenvalue weighted by atomic mass is 10.2. The highest BCUT2D eigenvalue weighted by atomic mass is 31.2. The van der Waals surface area contributed by atoms with Gasteiger partial charge in [-0.05, 0) is 12.1 Å². The summed E-state index contributed by atoms with van der Waals surface area (Å²) in [4.78, 5) is 28.3. The van der Waals surface area contributed by atoms with Crippen molar-refractivity contribution in [1.29, 1.82) is 0 Å². The summed E-state index contributed by atoms with van der Waals surface area (Å²) in [6.45, 7) is 0. The van der Waals surface area contributed by atoms with E-state index in [1.165, 1.54) is 24.3 Å². The van der Waals surface area contributed by atoms with Gasteiger partial charge in [0.25, 0.3) is 0 Å². The van der Waals surface area contributed by atoms with Gasteiger partial charge in [-0.25, -0.2) is 0 Å². The fourth-order valence-corrected chi connectivity index (χ4v) is 1.82. The lowest BCUT2D eigenvalue weighted by Gasteiger charge is -2.04. The average Bonchev–Trinajstić information content (AvgIpc) is 2.41. The maximum atomic E-state index is 11.0. The largest absolute Gasteiger partial charge is 0.481 e. The summed E-state index contributed by atoms with van der Waals surface area (Å²) >= 11 is 0. The highest BCUT2D eigenvalue weighted by Crippen LogP contribution is 2.32. The first-order chi connectivity index (χ1) is 9.70. The second-order valence-corrected chi connectivity index (χ2v) is 5.67. The monoisotopic (exact) mass is 314 g/mol. The average molecular weight is 314 g/mol. The van der Waals surface area contributed by atoms with E-state index in [9.17, 15) is 9.36 Å². The van der Waals surface area contributed by atoms with E-state index >= 15 is 0 Å². The van der Waals surface area contributed by atoms with E-state index in [2.05, 4.69) is 10.2 Å². The summed E-state index contributed by atoms with van der Waals surface area (Å²) in [7, 11) is -4.30. The lowest BCUT2D eigenvalue weighted by molar-refractivity contribution is -0.136. The molecule has 114 valence electrons. The summed E-state index contributed by atoms with van der Waals surface area (Å²) in [5, 5.41) is 15.6. The van der Waals surface area contributed by atoms with Gasteiger partial charge in [0.1, 0.15) is 5.84 Å². The summed E-state index contributed by atoms with van der Waals surface area (Å²) in [5.74, 6) is -0.990. The van der Waals surface area contributed by atoms with Crippen LogP contribution in [0.2, 0.25) is 0 Å². The molecule has 1 rings (SSSR count). The topological polar surface area (TPSA) is 172 Å². The number of hydrogen-bond donors (Lipinski definition) is 5. The van der Waals surface area contributed by atoms with E-state index < -0.39 is 13.6 Å². The number of aliphatic carboxylic acids is 1. The molecule has 0 aromatic heterocycles. The van der Waals surface area contributed by atoms with Gasteiger partial charge in [-0.15, -0.1) is 10.2 Å². The molecule has 0 atom stereocenters. The van der Waals surface area contributed by atoms with Crippen LogP contribution >= 0.6 is 7.60 Å². The maximum absolute atomic E-state index is 11.0. The van der Waals surface area contributed by atoms with Gasteiger partial charge in [0, 0.05) is 12.0 Å². The van der Waals surface area contributed by atoms with Crippen LogP contribution in [-0.4, -0.2) is 32.5 Å². The minimum Gasteiger partial charge on any atom is -0.481 e. The number of carboxylic acid groups (broad SMARTS) is 1. The number of carboxylic acids is 1. The third-order valence-corrected chi connectivity index (χ3v) is 3.35. The van der Waals surface area contributed by atoms with Crippen molar-refractivity contribution in [3.05, 3.63) is 29.8 Å². The van der Waals surface area contributed by atoms with Crippen LogP contribution in [0.15, 0.2) is 34.5 Å². The molecule has 0 fully saturated rings. The Balaban J connectivity index is 2.81. The molecule has 0 aliphatic heterocycles. The van der Waals surface area contributed by atoms with Gasteiger partial charge in [0.05, 0.1) is 11.7 Å². The third kappa shape index (κ3) is 5.74. The van der Waals surface area contributed by atoms with Crippen LogP contribution in [0, 0.1) is 0 Å². The Labute approximate surface area is 120 Å². The zero-order valence-corrected chi connectivity index (χ0v) is 11.8. The number of rotatable bonds is 6. The number of benzene rings is 1. The van der Waals surface area contributed by atoms with Crippen molar-refractivity contribution in [3.63, 3.8) is 0 Å². The zero-order valence-electron chi connectivity index (χ0n) is 10.9. The Kier molecular flexibility index (Phi) is 5.60. The van der Waals surface area contributed by atoms with Crippen molar-refractivity contribution in [1.82, 2.24) is 0 Å². The number of nitrogens with two attached hydrogens (primary N) is 2. The van der Waals surface area contributed by atoms with Crippen molar-refractivity contribution in [3.8, 4) is 0 Å². The Morgan fingerprint density at radius 1 is 1.10 bits per heavy atom. The van der Waals surface area contributed by atoms with Crippen LogP contribution in [0.1, 0.15) is 18.4 Å². The Morgan fingerprint density at radius 3 is 2.14 bits per heavy atom. The number of nitrogens with zero attached hydrogens (tertiary/aromatic N) is 2. The number of amidine groups is 2. The molecule has 0 bridgehead atoms. The quantitative estimate of drug-likeness (QED) is 0.200. The van der Waals surface area contributed by atoms with E-state index in [0.717, 1.165) is 0 Å². The van der Waals surface area contributed by atoms with Gasteiger partial charge in [-0.3, -0.25) is 9.36 Å². The second kappa shape index (κ2) is 6.98. The Bertz CT molecular complexity index is 620. The number of carbonyl (C=O) groups is 1. The molecule has 1 aromatic carbocycles. The predicted octanol–water partition coefficient (Wildman–Crippen LogP) is -0.668. The summed E-state index contributed by atoms with van der Waals surface area (Å²) in [6.07, 6.45) is -0.120. The van der Waals surface area contributed by atoms with Crippen molar-refractivity contribution in [2.45, 2.75) is 12.8 Å². The standard InChI is InChI=1S/C11H15N4O5P/c12-9(5-6-10(16)17)14-15-11(13)7-1-3-8(4-2-7)21(18,19)20/h1-4H,5-6H2,(H2,12,14)(H2,13,15)(H,16,17)(H2,18,19,20). The van der Waals surface area contributed by atoms with E-state index in [1.54, 1.807) is 0 Å². The smallest absolute Gasteiger partial charge is 0.356 e. The molecule has 0 aliphatic carbocycles. The molecule has 10 heteroatoms. The highest BCUT2D eigenvalue weighted by Gasteiger charge is 2.16. The second-order valence-electron chi connectivity index (χ2n) is 4.06. The first-order valence-corrected chi connectivity index (χ1v) is 7.35. The summed E-state index contributed by atoms with van der Waals surface area (Å²) < 4.78 is 11.0. The van der Waals surface area contributed by atoms with Crippen LogP contribution in [0.5, 0.6) is 0 Å². The minimum atomic E-state index is -4.30. The van der Waals surface area contributed by atoms with Crippen LogP contribution < -0.4 is 16.8 Å². The molecule has 0 heterocycles. The van der Waals surface area contributed by atoms with E-state index in [-0.39, 0.29) is 29.8 Å². The molecule has 0 saturated heterocycles. The molecule has 0 radical (unpaired) electrons. The van der Waals surface area contributed by atoms with Crippen LogP contribution in [-0.2, 0) is 9.36 Å². The van der Waals surface area contributed by atoms with Crippen LogP contribution in [0.25, 0.3) is 0 Å². The number of hydrogen-bond acceptors (Lipinski definition) is 4. The van der Waals surface area contributed by atoms with Crippen molar-refractivity contribution in [2.75, 3.05) is 0 Å². The maximum Gasteiger partial charge on any atom is 0.356 e.